The maximum absolute atomic E-state index is 13.3. The first-order chi connectivity index (χ1) is 31.2. The maximum Gasteiger partial charge on any atom is 0.315 e. The van der Waals surface area contributed by atoms with Crippen LogP contribution in [0.4, 0.5) is 4.79 Å². The first-order valence-electron chi connectivity index (χ1n) is 23.4. The number of carbonyl (C=O) groups is 8. The highest BCUT2D eigenvalue weighted by Crippen LogP contribution is 2.33. The Kier molecular flexibility index (Phi) is 30.2. The van der Waals surface area contributed by atoms with Crippen molar-refractivity contribution in [1.82, 2.24) is 21.3 Å². The van der Waals surface area contributed by atoms with Gasteiger partial charge < -0.3 is 51.1 Å². The van der Waals surface area contributed by atoms with E-state index in [1.165, 1.54) is 0 Å². The average Bonchev–Trinajstić information content (AvgIpc) is 3.83. The smallest absolute Gasteiger partial charge is 0.315 e. The van der Waals surface area contributed by atoms with E-state index >= 15 is 0 Å². The normalized spacial score (nSPS) is 17.9. The van der Waals surface area contributed by atoms with Gasteiger partial charge in [-0.3, -0.25) is 39.0 Å². The number of nitrogens with two attached hydrogens (primary N) is 1. The Morgan fingerprint density at radius 2 is 1.42 bits per heavy atom. The molecule has 370 valence electrons. The zero-order valence-electron chi connectivity index (χ0n) is 38.6. The Morgan fingerprint density at radius 3 is 2.09 bits per heavy atom. The van der Waals surface area contributed by atoms with Crippen LogP contribution in [0, 0.1) is 17.2 Å². The lowest BCUT2D eigenvalue weighted by atomic mass is 9.87. The minimum absolute atomic E-state index is 0.0174. The van der Waals surface area contributed by atoms with Crippen molar-refractivity contribution in [3.8, 4) is 0 Å². The molecule has 2 aliphatic heterocycles. The third kappa shape index (κ3) is 26.7. The van der Waals surface area contributed by atoms with Gasteiger partial charge in [-0.2, -0.15) is 11.8 Å². The summed E-state index contributed by atoms with van der Waals surface area (Å²) in [4.78, 5) is 98.5. The summed E-state index contributed by atoms with van der Waals surface area (Å²) in [5.41, 5.74) is 5.46. The number of nitrogens with one attached hydrogen (secondary N) is 5. The van der Waals surface area contributed by atoms with E-state index in [0.717, 1.165) is 25.0 Å². The van der Waals surface area contributed by atoms with Crippen LogP contribution in [0.3, 0.4) is 0 Å². The van der Waals surface area contributed by atoms with Gasteiger partial charge in [0.1, 0.15) is 24.8 Å². The van der Waals surface area contributed by atoms with E-state index in [4.69, 9.17) is 30.1 Å². The summed E-state index contributed by atoms with van der Waals surface area (Å²) in [6, 6.07) is -0.689. The highest BCUT2D eigenvalue weighted by molar-refractivity contribution is 8.00. The van der Waals surface area contributed by atoms with Gasteiger partial charge in [0, 0.05) is 87.5 Å². The molecule has 2 aliphatic rings. The van der Waals surface area contributed by atoms with Gasteiger partial charge in [-0.05, 0) is 57.8 Å². The molecule has 65 heavy (non-hydrogen) atoms. The number of ether oxygens (including phenoxy) is 4. The van der Waals surface area contributed by atoms with Crippen molar-refractivity contribution < 1.29 is 62.4 Å². The predicted octanol–water partition coefficient (Wildman–Crippen LogP) is 3.41. The molecule has 0 aromatic heterocycles. The van der Waals surface area contributed by atoms with Gasteiger partial charge in [-0.15, -0.1) is 0 Å². The lowest BCUT2D eigenvalue weighted by molar-refractivity contribution is -0.138. The number of rotatable bonds is 42. The lowest BCUT2D eigenvalue weighted by Crippen LogP contribution is -2.44. The summed E-state index contributed by atoms with van der Waals surface area (Å²) in [6.07, 6.45) is 7.53. The topological polar surface area (TPSA) is 292 Å². The van der Waals surface area contributed by atoms with Crippen LogP contribution in [0.15, 0.2) is 0 Å². The minimum atomic E-state index is -1.10. The highest BCUT2D eigenvalue weighted by Gasteiger charge is 2.42. The molecule has 0 unspecified atom stereocenters. The van der Waals surface area contributed by atoms with Crippen molar-refractivity contribution in [2.45, 2.75) is 153 Å². The summed E-state index contributed by atoms with van der Waals surface area (Å²) >= 11 is 1.88. The third-order valence-corrected chi connectivity index (χ3v) is 12.9. The summed E-state index contributed by atoms with van der Waals surface area (Å²) in [7, 11) is 0. The minimum Gasteiger partial charge on any atom is -0.481 e. The van der Waals surface area contributed by atoms with E-state index in [-0.39, 0.29) is 124 Å². The van der Waals surface area contributed by atoms with Crippen molar-refractivity contribution >= 4 is 64.5 Å². The van der Waals surface area contributed by atoms with Crippen LogP contribution in [0.2, 0.25) is 0 Å². The van der Waals surface area contributed by atoms with Crippen LogP contribution in [-0.4, -0.2) is 146 Å². The second kappa shape index (κ2) is 34.3. The Hall–Kier alpha value is -3.98. The zero-order chi connectivity index (χ0) is 47.8. The molecule has 0 aromatic carbocycles. The van der Waals surface area contributed by atoms with Crippen molar-refractivity contribution in [3.63, 3.8) is 0 Å². The molecule has 2 heterocycles. The fraction of sp³-hybridized carbons (Fsp3) is 0.800. The number of hydrogen-bond donors (Lipinski definition) is 7. The number of ketones is 4. The average molecular weight is 941 g/mol. The van der Waals surface area contributed by atoms with E-state index in [1.807, 2.05) is 18.7 Å². The number of hydrogen-bond acceptors (Lipinski definition) is 14. The molecule has 0 spiro atoms. The number of carboxylic acid groups (broad SMARTS) is 1. The monoisotopic (exact) mass is 941 g/mol. The summed E-state index contributed by atoms with van der Waals surface area (Å²) in [5.74, 6) is -2.30. The fourth-order valence-electron chi connectivity index (χ4n) is 7.34. The fourth-order valence-corrected chi connectivity index (χ4v) is 8.88. The Morgan fingerprint density at radius 1 is 0.769 bits per heavy atom. The number of amidine groups is 1. The van der Waals surface area contributed by atoms with E-state index in [0.29, 0.717) is 95.7 Å². The molecule has 2 saturated heterocycles. The Bertz CT molecular complexity index is 1520. The molecule has 0 radical (unpaired) electrons. The molecule has 0 aromatic rings. The standard InChI is InChI=1S/C45H76N6O13S/c1-3-31(2)44(59)49-35(18-19-42(57)58)38(55)27-32(11-4-7-17-40(46)47)37(54)15-8-20-48-41(56)29-64-26-24-62-22-10-14-34(53)28-63-25-23-61-21-9-13-33(52)12-5-6-16-39-43-36(30-65-39)50-45(60)51-43/h31-32,35-36,39,43H,3-30H2,1-2H3,(H3,46,47)(H,48,56)(H,49,59)(H,57,58)(H2,50,51,60)/t31-,32-,35+,36+,39+,43+/m1/s1. The Labute approximate surface area is 388 Å². The molecule has 0 saturated carbocycles. The molecule has 6 atom stereocenters. The van der Waals surface area contributed by atoms with Crippen LogP contribution in [0.1, 0.15) is 129 Å². The molecular formula is C45H76N6O13S. The number of aliphatic carboxylic acids is 1. The van der Waals surface area contributed by atoms with Crippen molar-refractivity contribution in [2.24, 2.45) is 17.6 Å². The number of fused-ring (bicyclic) bond motifs is 1. The summed E-state index contributed by atoms with van der Waals surface area (Å²) in [6.45, 7) is 5.35. The quantitative estimate of drug-likeness (QED) is 0.0200. The van der Waals surface area contributed by atoms with Gasteiger partial charge in [-0.25, -0.2) is 4.79 Å². The van der Waals surface area contributed by atoms with Crippen molar-refractivity contribution in [3.05, 3.63) is 0 Å². The molecule has 20 heteroatoms. The zero-order valence-corrected chi connectivity index (χ0v) is 39.4. The van der Waals surface area contributed by atoms with Gasteiger partial charge in [0.15, 0.2) is 11.6 Å². The van der Waals surface area contributed by atoms with Gasteiger partial charge in [0.05, 0.1) is 50.4 Å². The van der Waals surface area contributed by atoms with Crippen LogP contribution < -0.4 is 27.0 Å². The van der Waals surface area contributed by atoms with Gasteiger partial charge >= 0.3 is 12.0 Å². The van der Waals surface area contributed by atoms with E-state index in [9.17, 15) is 43.5 Å². The third-order valence-electron chi connectivity index (χ3n) is 11.3. The summed E-state index contributed by atoms with van der Waals surface area (Å²) in [5, 5.41) is 28.4. The van der Waals surface area contributed by atoms with E-state index in [1.54, 1.807) is 6.92 Å². The Balaban J connectivity index is 1.47. The number of thioether (sulfide) groups is 1. The predicted molar refractivity (Wildman–Crippen MR) is 245 cm³/mol. The second-order valence-corrected chi connectivity index (χ2v) is 18.1. The molecule has 4 amide bonds. The van der Waals surface area contributed by atoms with Gasteiger partial charge in [0.2, 0.25) is 11.8 Å². The number of carboxylic acids is 1. The van der Waals surface area contributed by atoms with Crippen LogP contribution in [0.25, 0.3) is 0 Å². The number of amides is 4. The van der Waals surface area contributed by atoms with Gasteiger partial charge in [-0.1, -0.05) is 26.7 Å². The molecule has 2 fully saturated rings. The van der Waals surface area contributed by atoms with Crippen LogP contribution in [0.5, 0.6) is 0 Å². The molecule has 8 N–H and O–H groups in total. The number of unbranched alkanes of at least 4 members (excludes halogenated alkanes) is 2. The second-order valence-electron chi connectivity index (χ2n) is 16.8. The van der Waals surface area contributed by atoms with Crippen molar-refractivity contribution in [1.29, 1.82) is 5.41 Å². The number of carbonyl (C=O) groups excluding carboxylic acids is 7. The lowest BCUT2D eigenvalue weighted by Gasteiger charge is -2.22. The molecule has 2 rings (SSSR count). The largest absolute Gasteiger partial charge is 0.481 e. The maximum atomic E-state index is 13.3. The first-order valence-corrected chi connectivity index (χ1v) is 24.4. The van der Waals surface area contributed by atoms with Gasteiger partial charge in [0.25, 0.3) is 0 Å². The summed E-state index contributed by atoms with van der Waals surface area (Å²) < 4.78 is 21.8. The number of Topliss-reactive ketones (excluding diaryl/α,β-unsaturated/α-hetero) is 4. The first kappa shape index (κ1) is 57.1. The van der Waals surface area contributed by atoms with E-state index < -0.39 is 23.7 Å². The van der Waals surface area contributed by atoms with Crippen LogP contribution in [-0.2, 0) is 52.5 Å². The molecule has 19 nitrogen and oxygen atoms in total. The van der Waals surface area contributed by atoms with E-state index in [2.05, 4.69) is 21.3 Å². The molecule has 0 aliphatic carbocycles. The number of urea groups is 1. The SMILES string of the molecule is CC[C@@H](C)C(=O)N[C@@H](CCC(=O)O)C(=O)C[C@@H](CCCCC(=N)N)C(=O)CCCNC(=O)COCCOCCCC(=O)COCCOCCCC(=O)CCCC[C@@H]1SC[C@@H]2NC(=O)N[C@@H]21. The molecule has 0 bridgehead atoms. The van der Waals surface area contributed by atoms with Crippen LogP contribution >= 0.6 is 11.8 Å². The molecular weight excluding hydrogens is 865 g/mol. The highest BCUT2D eigenvalue weighted by atomic mass is 32.2. The van der Waals surface area contributed by atoms with Crippen molar-refractivity contribution in [2.75, 3.05) is 65.2 Å².